The van der Waals surface area contributed by atoms with E-state index in [-0.39, 0.29) is 67.9 Å². The lowest BCUT2D eigenvalue weighted by Gasteiger charge is -2.35. The van der Waals surface area contributed by atoms with Crippen LogP contribution in [0.5, 0.6) is 51.7 Å². The van der Waals surface area contributed by atoms with Crippen LogP contribution in [0.3, 0.4) is 0 Å². The summed E-state index contributed by atoms with van der Waals surface area (Å²) >= 11 is 0. The molecule has 9 heteroatoms. The van der Waals surface area contributed by atoms with Crippen LogP contribution in [0.15, 0.2) is 133 Å². The lowest BCUT2D eigenvalue weighted by molar-refractivity contribution is -0.0396. The molecule has 0 saturated carbocycles. The van der Waals surface area contributed by atoms with E-state index in [1.165, 1.54) is 16.3 Å². The zero-order valence-electron chi connectivity index (χ0n) is 59.0. The van der Waals surface area contributed by atoms with E-state index in [1.807, 2.05) is 174 Å². The molecule has 5 aliphatic heterocycles. The van der Waals surface area contributed by atoms with Crippen molar-refractivity contribution in [2.75, 3.05) is 26.4 Å². The van der Waals surface area contributed by atoms with Crippen LogP contribution < -0.4 is 42.6 Å². The van der Waals surface area contributed by atoms with Crippen LogP contribution in [0.4, 0.5) is 0 Å². The summed E-state index contributed by atoms with van der Waals surface area (Å²) in [5, 5.41) is 2.38. The van der Waals surface area contributed by atoms with E-state index in [9.17, 15) is 0 Å². The number of benzene rings is 6. The van der Waals surface area contributed by atoms with Crippen molar-refractivity contribution in [1.82, 2.24) is 0 Å². The van der Waals surface area contributed by atoms with Gasteiger partial charge in [-0.1, -0.05) is 288 Å². The first kappa shape index (κ1) is 87.0. The minimum Gasteiger partial charge on any atom is -0.490 e. The van der Waals surface area contributed by atoms with E-state index in [4.69, 9.17) is 42.6 Å². The van der Waals surface area contributed by atoms with Crippen molar-refractivity contribution >= 4 is 10.8 Å². The van der Waals surface area contributed by atoms with Crippen LogP contribution in [0.2, 0.25) is 0 Å². The zero-order valence-corrected chi connectivity index (χ0v) is 59.0. The summed E-state index contributed by atoms with van der Waals surface area (Å²) in [7, 11) is 0. The average molecular weight is 1240 g/mol. The van der Waals surface area contributed by atoms with Crippen LogP contribution in [0, 0.1) is 33.0 Å². The molecule has 6 aromatic carbocycles. The Morgan fingerprint density at radius 2 is 0.573 bits per heavy atom. The van der Waals surface area contributed by atoms with Crippen molar-refractivity contribution in [3.8, 4) is 51.7 Å². The van der Waals surface area contributed by atoms with Gasteiger partial charge in [-0.2, -0.15) is 0 Å². The van der Waals surface area contributed by atoms with Gasteiger partial charge in [0.2, 0.25) is 6.29 Å². The van der Waals surface area contributed by atoms with Gasteiger partial charge in [-0.25, -0.2) is 0 Å². The van der Waals surface area contributed by atoms with E-state index in [0.29, 0.717) is 25.2 Å². The third-order valence-electron chi connectivity index (χ3n) is 13.8. The lowest BCUT2D eigenvalue weighted by atomic mass is 9.82. The molecule has 9 nitrogen and oxygen atoms in total. The highest BCUT2D eigenvalue weighted by Crippen LogP contribution is 2.42. The Labute approximate surface area is 547 Å². The van der Waals surface area contributed by atoms with Gasteiger partial charge in [-0.15, -0.1) is 0 Å². The fourth-order valence-corrected chi connectivity index (χ4v) is 8.43. The van der Waals surface area contributed by atoms with Gasteiger partial charge in [0.1, 0.15) is 37.3 Å². The van der Waals surface area contributed by atoms with Gasteiger partial charge in [-0.05, 0) is 94.6 Å². The monoisotopic (exact) mass is 1240 g/mol. The molecule has 5 heterocycles. The van der Waals surface area contributed by atoms with Crippen LogP contribution in [-0.4, -0.2) is 51.0 Å². The Hall–Kier alpha value is -6.22. The lowest BCUT2D eigenvalue weighted by Crippen LogP contribution is -2.39. The summed E-state index contributed by atoms with van der Waals surface area (Å²) in [5.74, 6) is 8.38. The molecule has 0 saturated heterocycles. The van der Waals surface area contributed by atoms with Crippen molar-refractivity contribution < 1.29 is 42.6 Å². The van der Waals surface area contributed by atoms with E-state index < -0.39 is 0 Å². The third kappa shape index (κ3) is 28.2. The van der Waals surface area contributed by atoms with Crippen molar-refractivity contribution in [3.05, 3.63) is 139 Å². The Morgan fingerprint density at radius 3 is 0.955 bits per heavy atom. The smallest absolute Gasteiger partial charge is 0.246 e. The molecule has 0 aliphatic carbocycles. The van der Waals surface area contributed by atoms with E-state index >= 15 is 0 Å². The molecule has 0 aromatic heterocycles. The molecule has 0 amide bonds. The second kappa shape index (κ2) is 42.7. The Bertz CT molecular complexity index is 2630. The maximum Gasteiger partial charge on any atom is 0.246 e. The second-order valence-corrected chi connectivity index (χ2v) is 25.3. The van der Waals surface area contributed by atoms with Gasteiger partial charge < -0.3 is 42.6 Å². The highest BCUT2D eigenvalue weighted by atomic mass is 16.7. The van der Waals surface area contributed by atoms with Crippen molar-refractivity contribution in [2.24, 2.45) is 33.0 Å². The van der Waals surface area contributed by atoms with Crippen LogP contribution in [0.1, 0.15) is 221 Å². The Morgan fingerprint density at radius 1 is 0.281 bits per heavy atom. The number of hydrogen-bond acceptors (Lipinski definition) is 9. The maximum absolute atomic E-state index is 6.08. The van der Waals surface area contributed by atoms with Gasteiger partial charge in [0.25, 0.3) is 0 Å². The molecule has 89 heavy (non-hydrogen) atoms. The predicted octanol–water partition coefficient (Wildman–Crippen LogP) is 24.3. The molecule has 0 N–H and O–H groups in total. The van der Waals surface area contributed by atoms with Crippen LogP contribution in [0.25, 0.3) is 10.8 Å². The predicted molar refractivity (Wildman–Crippen MR) is 387 cm³/mol. The van der Waals surface area contributed by atoms with E-state index in [0.717, 1.165) is 77.8 Å². The molecule has 5 aliphatic rings. The summed E-state index contributed by atoms with van der Waals surface area (Å²) in [6.45, 7) is 59.4. The number of ether oxygens (including phenoxy) is 9. The SMILES string of the molecule is C.C.C.CC.CC.CC.CC.CC.CC.CC(C)(C)C1CCc2ccccc2O1.CC(C)(C)C1COc2cc3ccccc3cc2O1.CC(C)(C)C1COc2ccccc2O1.CC(C)(C)C1COc2ccccc2OC1.CC(C)(C)C1Oc2ccccc2O1. The third-order valence-corrected chi connectivity index (χ3v) is 13.8. The molecule has 3 atom stereocenters. The van der Waals surface area contributed by atoms with Gasteiger partial charge in [-0.3, -0.25) is 0 Å². The van der Waals surface area contributed by atoms with E-state index in [1.54, 1.807) is 0 Å². The summed E-state index contributed by atoms with van der Waals surface area (Å²) in [4.78, 5) is 0. The molecular formula is C80H132O9. The second-order valence-electron chi connectivity index (χ2n) is 25.3. The molecule has 6 aromatic rings. The number of rotatable bonds is 0. The molecule has 0 radical (unpaired) electrons. The molecular weight excluding hydrogens is 1100 g/mol. The van der Waals surface area contributed by atoms with Gasteiger partial charge in [0.15, 0.2) is 46.0 Å². The van der Waals surface area contributed by atoms with Crippen molar-refractivity contribution in [3.63, 3.8) is 0 Å². The summed E-state index contributed by atoms with van der Waals surface area (Å²) in [6, 6.07) is 44.2. The fraction of sp³-hybridized carbons (Fsp3) is 0.575. The van der Waals surface area contributed by atoms with Crippen molar-refractivity contribution in [2.45, 2.75) is 247 Å². The highest BCUT2D eigenvalue weighted by Gasteiger charge is 2.36. The summed E-state index contributed by atoms with van der Waals surface area (Å²) < 4.78 is 52.3. The Kier molecular flexibility index (Phi) is 41.7. The molecule has 0 bridgehead atoms. The van der Waals surface area contributed by atoms with Gasteiger partial charge in [0.05, 0.1) is 13.2 Å². The molecule has 0 spiro atoms. The standard InChI is InChI=1S/C16H18O2.C13H18O2.C13H18O.C12H16O2.C11H14O2.6C2H6.3CH4/c1-16(2,3)15-10-17-13-8-11-6-4-5-7-12(11)9-14(13)18-15;1-13(2,3)10-8-14-11-6-4-5-7-12(11)15-9-10;1-13(2,3)12-9-8-10-6-4-5-7-11(10)14-12;1-12(2,3)11-8-13-9-6-4-5-7-10(9)14-11;1-11(2,3)10-12-8-6-4-5-7-9(8)13-10;6*1-2;;;/h4-9,15H,10H2,1-3H3;4-7,10H,8-9H2,1-3H3;4-7,12H,8-9H2,1-3H3;4-7,11H,8H2,1-3H3;4-7,10H,1-3H3;6*1-2H3;3*1H4. The number of hydrogen-bond donors (Lipinski definition) is 0. The molecule has 11 rings (SSSR count). The normalized spacial score (nSPS) is 16.1. The zero-order chi connectivity index (χ0) is 65.5. The van der Waals surface area contributed by atoms with Crippen LogP contribution >= 0.6 is 0 Å². The van der Waals surface area contributed by atoms with Gasteiger partial charge >= 0.3 is 0 Å². The van der Waals surface area contributed by atoms with Crippen molar-refractivity contribution in [1.29, 1.82) is 0 Å². The minimum atomic E-state index is -0.162. The minimum absolute atomic E-state index is 0. The fourth-order valence-electron chi connectivity index (χ4n) is 8.43. The maximum atomic E-state index is 6.08. The number of aryl methyl sites for hydroxylation is 1. The van der Waals surface area contributed by atoms with Gasteiger partial charge in [0, 0.05) is 22.2 Å². The Balaban J connectivity index is -0.000000990. The van der Waals surface area contributed by atoms with Crippen LogP contribution in [-0.2, 0) is 6.42 Å². The molecule has 3 unspecified atom stereocenters. The first-order valence-electron chi connectivity index (χ1n) is 32.5. The first-order chi connectivity index (χ1) is 40.8. The number of fused-ring (bicyclic) bond motifs is 6. The summed E-state index contributed by atoms with van der Waals surface area (Å²) in [6.07, 6.45) is 2.73. The average Bonchev–Trinajstić information content (AvgIpc) is 2.21. The summed E-state index contributed by atoms with van der Waals surface area (Å²) in [5.41, 5.74) is 2.04. The largest absolute Gasteiger partial charge is 0.490 e. The topological polar surface area (TPSA) is 83.1 Å². The number of para-hydroxylation sites is 7. The molecule has 0 fully saturated rings. The first-order valence-corrected chi connectivity index (χ1v) is 32.5. The van der Waals surface area contributed by atoms with E-state index in [2.05, 4.69) is 146 Å². The quantitative estimate of drug-likeness (QED) is 0.148. The highest BCUT2D eigenvalue weighted by molar-refractivity contribution is 5.86. The molecule has 506 valence electrons.